The van der Waals surface area contributed by atoms with E-state index in [2.05, 4.69) is 105 Å². The second kappa shape index (κ2) is 64.1. The molecule has 0 bridgehead atoms. The minimum atomic E-state index is -4.41. The average Bonchev–Trinajstić information content (AvgIpc) is 3.44. The fourth-order valence-corrected chi connectivity index (χ4v) is 9.92. The quantitative estimate of drug-likeness (QED) is 0.0264. The Morgan fingerprint density at radius 1 is 0.392 bits per heavy atom. The van der Waals surface area contributed by atoms with Crippen molar-refractivity contribution in [3.8, 4) is 0 Å². The number of hydrogen-bond acceptors (Lipinski definition) is 8. The summed E-state index contributed by atoms with van der Waals surface area (Å²) in [4.78, 5) is 35.2. The van der Waals surface area contributed by atoms with Crippen LogP contribution >= 0.6 is 7.82 Å². The first-order valence-corrected chi connectivity index (χ1v) is 34.2. The zero-order chi connectivity index (χ0) is 57.3. The highest BCUT2D eigenvalue weighted by atomic mass is 31.2. The van der Waals surface area contributed by atoms with E-state index < -0.39 is 32.5 Å². The standard InChI is InChI=1S/C69H122NO8P/c1-3-5-7-9-11-13-15-17-19-21-22-23-24-25-26-27-28-29-30-31-32-33-34-35-36-37-38-39-40-41-42-43-44-46-47-49-51-53-55-57-59-61-68(71)75-65-67(66-77-79(73,74)76-64-63-70)78-69(72)62-60-58-56-54-52-50-48-45-20-18-16-14-12-10-8-6-4-2/h6,8,12,14-15,17-18,20-22,24-25,48,50,54,56,67H,3-5,7,9-11,13,16,19,23,26-47,49,51-53,55,57-66,70H2,1-2H3,(H,73,74)/b8-6-,14-12-,17-15-,20-18-,22-21-,25-24-,50-48-,56-54-. The predicted octanol–water partition coefficient (Wildman–Crippen LogP) is 21.2. The highest BCUT2D eigenvalue weighted by Gasteiger charge is 2.26. The fraction of sp³-hybridized carbons (Fsp3) is 0.739. The van der Waals surface area contributed by atoms with Crippen LogP contribution in [0.15, 0.2) is 97.2 Å². The monoisotopic (exact) mass is 1120 g/mol. The van der Waals surface area contributed by atoms with Crippen molar-refractivity contribution in [1.82, 2.24) is 0 Å². The van der Waals surface area contributed by atoms with Crippen molar-refractivity contribution in [2.45, 2.75) is 302 Å². The van der Waals surface area contributed by atoms with Gasteiger partial charge in [0.2, 0.25) is 0 Å². The lowest BCUT2D eigenvalue weighted by molar-refractivity contribution is -0.161. The molecule has 10 heteroatoms. The van der Waals surface area contributed by atoms with Gasteiger partial charge in [0.15, 0.2) is 6.10 Å². The van der Waals surface area contributed by atoms with Gasteiger partial charge in [0, 0.05) is 19.4 Å². The molecule has 0 fully saturated rings. The summed E-state index contributed by atoms with van der Waals surface area (Å²) in [5.74, 6) is -0.891. The second-order valence-corrected chi connectivity index (χ2v) is 23.1. The largest absolute Gasteiger partial charge is 0.472 e. The van der Waals surface area contributed by atoms with E-state index >= 15 is 0 Å². The molecule has 456 valence electrons. The molecule has 0 amide bonds. The van der Waals surface area contributed by atoms with Gasteiger partial charge in [-0.1, -0.05) is 291 Å². The molecule has 0 radical (unpaired) electrons. The fourth-order valence-electron chi connectivity index (χ4n) is 9.15. The Morgan fingerprint density at radius 2 is 0.709 bits per heavy atom. The van der Waals surface area contributed by atoms with E-state index in [-0.39, 0.29) is 32.6 Å². The third-order valence-electron chi connectivity index (χ3n) is 14.0. The third kappa shape index (κ3) is 64.0. The zero-order valence-corrected chi connectivity index (χ0v) is 52.0. The number of esters is 2. The highest BCUT2D eigenvalue weighted by Crippen LogP contribution is 2.43. The van der Waals surface area contributed by atoms with Crippen molar-refractivity contribution in [3.63, 3.8) is 0 Å². The van der Waals surface area contributed by atoms with Crippen molar-refractivity contribution in [3.05, 3.63) is 97.2 Å². The molecule has 9 nitrogen and oxygen atoms in total. The van der Waals surface area contributed by atoms with Crippen molar-refractivity contribution in [2.24, 2.45) is 5.73 Å². The summed E-state index contributed by atoms with van der Waals surface area (Å²) in [7, 11) is -4.41. The Morgan fingerprint density at radius 3 is 1.08 bits per heavy atom. The lowest BCUT2D eigenvalue weighted by Crippen LogP contribution is -2.29. The molecule has 0 aromatic rings. The summed E-state index contributed by atoms with van der Waals surface area (Å²) < 4.78 is 33.0. The molecule has 0 aromatic carbocycles. The van der Waals surface area contributed by atoms with Gasteiger partial charge in [0.25, 0.3) is 0 Å². The first-order chi connectivity index (χ1) is 38.8. The summed E-state index contributed by atoms with van der Waals surface area (Å²) in [6, 6.07) is 0. The predicted molar refractivity (Wildman–Crippen MR) is 339 cm³/mol. The van der Waals surface area contributed by atoms with Crippen LogP contribution in [-0.4, -0.2) is 49.3 Å². The number of ether oxygens (including phenoxy) is 2. The van der Waals surface area contributed by atoms with Crippen LogP contribution in [0.4, 0.5) is 0 Å². The van der Waals surface area contributed by atoms with Crippen LogP contribution in [0.5, 0.6) is 0 Å². The van der Waals surface area contributed by atoms with Crippen molar-refractivity contribution >= 4 is 19.8 Å². The summed E-state index contributed by atoms with van der Waals surface area (Å²) in [5, 5.41) is 0. The van der Waals surface area contributed by atoms with Gasteiger partial charge in [0.05, 0.1) is 13.2 Å². The maximum absolute atomic E-state index is 12.7. The van der Waals surface area contributed by atoms with Gasteiger partial charge in [0.1, 0.15) is 6.61 Å². The Labute approximate surface area is 486 Å². The van der Waals surface area contributed by atoms with Crippen LogP contribution in [0.25, 0.3) is 0 Å². The molecule has 0 aliphatic rings. The lowest BCUT2D eigenvalue weighted by Gasteiger charge is -2.19. The minimum Gasteiger partial charge on any atom is -0.462 e. The van der Waals surface area contributed by atoms with Crippen LogP contribution in [0.2, 0.25) is 0 Å². The maximum atomic E-state index is 12.7. The van der Waals surface area contributed by atoms with Crippen LogP contribution in [0, 0.1) is 0 Å². The molecule has 0 spiro atoms. The number of nitrogens with two attached hydrogens (primary N) is 1. The normalized spacial score (nSPS) is 13.6. The molecule has 0 aromatic heterocycles. The number of carbonyl (C=O) groups excluding carboxylic acids is 2. The number of phosphoric acid groups is 1. The van der Waals surface area contributed by atoms with E-state index in [1.165, 1.54) is 193 Å². The van der Waals surface area contributed by atoms with Gasteiger partial charge in [-0.2, -0.15) is 0 Å². The summed E-state index contributed by atoms with van der Waals surface area (Å²) >= 11 is 0. The van der Waals surface area contributed by atoms with E-state index in [9.17, 15) is 19.0 Å². The summed E-state index contributed by atoms with van der Waals surface area (Å²) in [5.41, 5.74) is 5.38. The smallest absolute Gasteiger partial charge is 0.462 e. The van der Waals surface area contributed by atoms with Crippen molar-refractivity contribution < 1.29 is 37.6 Å². The van der Waals surface area contributed by atoms with E-state index in [1.807, 2.05) is 6.08 Å². The number of unbranched alkanes of at least 4 members (excludes halogenated alkanes) is 32. The molecule has 2 atom stereocenters. The molecular formula is C69H122NO8P. The van der Waals surface area contributed by atoms with Gasteiger partial charge in [-0.25, -0.2) is 4.57 Å². The Kier molecular flexibility index (Phi) is 61.6. The van der Waals surface area contributed by atoms with Gasteiger partial charge < -0.3 is 20.1 Å². The molecular weight excluding hydrogens is 1000 g/mol. The number of hydrogen-bond donors (Lipinski definition) is 2. The number of rotatable bonds is 61. The number of allylic oxidation sites excluding steroid dienone is 16. The molecule has 0 saturated carbocycles. The molecule has 3 N–H and O–H groups in total. The minimum absolute atomic E-state index is 0.0416. The van der Waals surface area contributed by atoms with Gasteiger partial charge >= 0.3 is 19.8 Å². The van der Waals surface area contributed by atoms with Crippen LogP contribution < -0.4 is 5.73 Å². The number of carbonyl (C=O) groups is 2. The molecule has 0 aliphatic carbocycles. The van der Waals surface area contributed by atoms with Crippen molar-refractivity contribution in [1.29, 1.82) is 0 Å². The molecule has 2 unspecified atom stereocenters. The molecule has 79 heavy (non-hydrogen) atoms. The average molecular weight is 1120 g/mol. The Bertz CT molecular complexity index is 1610. The summed E-state index contributed by atoms with van der Waals surface area (Å²) in [6.07, 6.45) is 86.7. The van der Waals surface area contributed by atoms with Gasteiger partial charge in [-0.3, -0.25) is 18.6 Å². The van der Waals surface area contributed by atoms with E-state index in [0.29, 0.717) is 12.8 Å². The van der Waals surface area contributed by atoms with Crippen LogP contribution in [0.3, 0.4) is 0 Å². The molecule has 0 heterocycles. The van der Waals surface area contributed by atoms with E-state index in [1.54, 1.807) is 0 Å². The summed E-state index contributed by atoms with van der Waals surface area (Å²) in [6.45, 7) is 3.57. The topological polar surface area (TPSA) is 134 Å². The Balaban J connectivity index is 3.79. The first-order valence-electron chi connectivity index (χ1n) is 32.7. The van der Waals surface area contributed by atoms with Crippen LogP contribution in [-0.2, 0) is 32.7 Å². The Hall–Kier alpha value is -3.07. The number of phosphoric ester groups is 1. The molecule has 0 rings (SSSR count). The molecule has 0 saturated heterocycles. The third-order valence-corrected chi connectivity index (χ3v) is 14.9. The highest BCUT2D eigenvalue weighted by molar-refractivity contribution is 7.47. The van der Waals surface area contributed by atoms with Gasteiger partial charge in [-0.05, 0) is 89.9 Å². The maximum Gasteiger partial charge on any atom is 0.472 e. The zero-order valence-electron chi connectivity index (χ0n) is 51.1. The van der Waals surface area contributed by atoms with Gasteiger partial charge in [-0.15, -0.1) is 0 Å². The second-order valence-electron chi connectivity index (χ2n) is 21.6. The lowest BCUT2D eigenvalue weighted by atomic mass is 10.0. The van der Waals surface area contributed by atoms with Crippen molar-refractivity contribution in [2.75, 3.05) is 26.4 Å². The molecule has 0 aliphatic heterocycles. The first kappa shape index (κ1) is 75.9. The van der Waals surface area contributed by atoms with Crippen LogP contribution in [0.1, 0.15) is 296 Å². The van der Waals surface area contributed by atoms with E-state index in [4.69, 9.17) is 24.3 Å². The SMILES string of the molecule is CC/C=C\C/C=C\C/C=C\C/C=C\C/C=C\CCCC(=O)OC(COC(=O)CCCCCCCCCCCCCCCCCCCCCCCCCCCC/C=C\C/C=C\C/C=C\CCCCCCC)COP(=O)(O)OCCN. The van der Waals surface area contributed by atoms with E-state index in [0.717, 1.165) is 64.2 Å².